The van der Waals surface area contributed by atoms with Crippen molar-refractivity contribution in [3.05, 3.63) is 28.8 Å². The number of rotatable bonds is 4. The molecular formula is C16H24ClNO. The number of benzene rings is 1. The lowest BCUT2D eigenvalue weighted by atomic mass is 9.79. The number of hydrogen-bond donors (Lipinski definition) is 1. The number of nitrogens with two attached hydrogens (primary N) is 1. The summed E-state index contributed by atoms with van der Waals surface area (Å²) in [7, 11) is 0. The van der Waals surface area contributed by atoms with Gasteiger partial charge < -0.3 is 10.5 Å². The van der Waals surface area contributed by atoms with E-state index in [0.29, 0.717) is 5.92 Å². The molecule has 0 fully saturated rings. The first kappa shape index (κ1) is 14.7. The van der Waals surface area contributed by atoms with Crippen LogP contribution in [0.1, 0.15) is 58.1 Å². The summed E-state index contributed by atoms with van der Waals surface area (Å²) in [6.45, 7) is 6.70. The van der Waals surface area contributed by atoms with Crippen molar-refractivity contribution in [3.8, 4) is 5.75 Å². The maximum Gasteiger partial charge on any atom is 0.125 e. The second kappa shape index (κ2) is 5.72. The van der Waals surface area contributed by atoms with Crippen LogP contribution in [0.4, 0.5) is 0 Å². The minimum atomic E-state index is -0.115. The van der Waals surface area contributed by atoms with Gasteiger partial charge in [-0.1, -0.05) is 38.8 Å². The van der Waals surface area contributed by atoms with Crippen molar-refractivity contribution in [2.24, 2.45) is 11.7 Å². The third-order valence-corrected chi connectivity index (χ3v) is 4.59. The van der Waals surface area contributed by atoms with Crippen LogP contribution in [0.5, 0.6) is 5.75 Å². The minimum Gasteiger partial charge on any atom is -0.487 e. The third kappa shape index (κ3) is 3.06. The van der Waals surface area contributed by atoms with Crippen LogP contribution in [0.3, 0.4) is 0 Å². The molecule has 0 saturated carbocycles. The average molecular weight is 282 g/mol. The molecule has 19 heavy (non-hydrogen) atoms. The van der Waals surface area contributed by atoms with E-state index in [1.54, 1.807) is 0 Å². The number of halogens is 1. The predicted octanol–water partition coefficient (Wildman–Crippen LogP) is 4.71. The van der Waals surface area contributed by atoms with Gasteiger partial charge in [0, 0.05) is 23.0 Å². The Balaban J connectivity index is 2.29. The van der Waals surface area contributed by atoms with Gasteiger partial charge in [-0.3, -0.25) is 0 Å². The fourth-order valence-corrected chi connectivity index (χ4v) is 3.13. The van der Waals surface area contributed by atoms with Crippen molar-refractivity contribution in [3.63, 3.8) is 0 Å². The summed E-state index contributed by atoms with van der Waals surface area (Å²) in [5, 5.41) is 0.726. The zero-order valence-electron chi connectivity index (χ0n) is 12.1. The van der Waals surface area contributed by atoms with Gasteiger partial charge in [0.1, 0.15) is 11.4 Å². The first-order valence-corrected chi connectivity index (χ1v) is 7.61. The highest BCUT2D eigenvalue weighted by Crippen LogP contribution is 2.44. The first-order chi connectivity index (χ1) is 8.99. The zero-order valence-corrected chi connectivity index (χ0v) is 12.8. The van der Waals surface area contributed by atoms with E-state index in [0.717, 1.165) is 35.6 Å². The van der Waals surface area contributed by atoms with Crippen molar-refractivity contribution in [1.29, 1.82) is 0 Å². The van der Waals surface area contributed by atoms with Crippen molar-refractivity contribution in [2.75, 3.05) is 0 Å². The summed E-state index contributed by atoms with van der Waals surface area (Å²) < 4.78 is 6.33. The quantitative estimate of drug-likeness (QED) is 0.868. The topological polar surface area (TPSA) is 35.2 Å². The van der Waals surface area contributed by atoms with E-state index < -0.39 is 0 Å². The van der Waals surface area contributed by atoms with Crippen LogP contribution in [0.25, 0.3) is 0 Å². The molecular weight excluding hydrogens is 258 g/mol. The molecule has 3 heteroatoms. The van der Waals surface area contributed by atoms with Gasteiger partial charge in [0.05, 0.1) is 0 Å². The summed E-state index contributed by atoms with van der Waals surface area (Å²) in [4.78, 5) is 0. The van der Waals surface area contributed by atoms with E-state index in [1.807, 2.05) is 18.2 Å². The van der Waals surface area contributed by atoms with Gasteiger partial charge in [-0.25, -0.2) is 0 Å². The molecule has 0 aliphatic carbocycles. The number of hydrogen-bond acceptors (Lipinski definition) is 2. The molecule has 1 aromatic rings. The van der Waals surface area contributed by atoms with Gasteiger partial charge in [0.25, 0.3) is 0 Å². The molecule has 2 unspecified atom stereocenters. The molecule has 2 nitrogen and oxygen atoms in total. The summed E-state index contributed by atoms with van der Waals surface area (Å²) in [5.41, 5.74) is 7.27. The Morgan fingerprint density at radius 3 is 2.84 bits per heavy atom. The third-order valence-electron chi connectivity index (χ3n) is 4.35. The predicted molar refractivity (Wildman–Crippen MR) is 80.7 cm³/mol. The SMILES string of the molecule is CCC(C)CC1(CC)C[C@@H](N)c2cc(Cl)ccc2O1. The molecule has 0 radical (unpaired) electrons. The Morgan fingerprint density at radius 1 is 1.47 bits per heavy atom. The van der Waals surface area contributed by atoms with Crippen molar-refractivity contribution >= 4 is 11.6 Å². The maximum absolute atomic E-state index is 6.34. The molecule has 1 heterocycles. The lowest BCUT2D eigenvalue weighted by Crippen LogP contribution is -2.43. The van der Waals surface area contributed by atoms with E-state index >= 15 is 0 Å². The minimum absolute atomic E-state index is 0.0199. The van der Waals surface area contributed by atoms with Crippen LogP contribution < -0.4 is 10.5 Å². The smallest absolute Gasteiger partial charge is 0.125 e. The molecule has 0 aromatic heterocycles. The van der Waals surface area contributed by atoms with Gasteiger partial charge in [-0.05, 0) is 37.0 Å². The summed E-state index contributed by atoms with van der Waals surface area (Å²) in [6.07, 6.45) is 4.11. The second-order valence-corrected chi connectivity index (χ2v) is 6.29. The van der Waals surface area contributed by atoms with Gasteiger partial charge in [0.2, 0.25) is 0 Å². The molecule has 0 saturated heterocycles. The van der Waals surface area contributed by atoms with Crippen LogP contribution in [-0.4, -0.2) is 5.60 Å². The second-order valence-electron chi connectivity index (χ2n) is 5.85. The highest BCUT2D eigenvalue weighted by atomic mass is 35.5. The Bertz CT molecular complexity index is 448. The fraction of sp³-hybridized carbons (Fsp3) is 0.625. The monoisotopic (exact) mass is 281 g/mol. The molecule has 2 N–H and O–H groups in total. The molecule has 106 valence electrons. The van der Waals surface area contributed by atoms with Gasteiger partial charge in [-0.2, -0.15) is 0 Å². The van der Waals surface area contributed by atoms with Gasteiger partial charge in [-0.15, -0.1) is 0 Å². The van der Waals surface area contributed by atoms with Gasteiger partial charge in [0.15, 0.2) is 0 Å². The average Bonchev–Trinajstić information content (AvgIpc) is 2.39. The van der Waals surface area contributed by atoms with E-state index in [2.05, 4.69) is 20.8 Å². The highest BCUT2D eigenvalue weighted by Gasteiger charge is 2.39. The molecule has 2 rings (SSSR count). The summed E-state index contributed by atoms with van der Waals surface area (Å²) >= 11 is 6.04. The van der Waals surface area contributed by atoms with Crippen LogP contribution >= 0.6 is 11.6 Å². The Hall–Kier alpha value is -0.730. The molecule has 0 amide bonds. The molecule has 1 aromatic carbocycles. The number of ether oxygens (including phenoxy) is 1. The van der Waals surface area contributed by atoms with Crippen molar-refractivity contribution in [2.45, 2.75) is 58.1 Å². The summed E-state index contributed by atoms with van der Waals surface area (Å²) in [5.74, 6) is 1.56. The number of fused-ring (bicyclic) bond motifs is 1. The van der Waals surface area contributed by atoms with Crippen LogP contribution in [0.15, 0.2) is 18.2 Å². The van der Waals surface area contributed by atoms with E-state index in [1.165, 1.54) is 6.42 Å². The summed E-state index contributed by atoms with van der Waals surface area (Å²) in [6, 6.07) is 5.79. The molecule has 0 spiro atoms. The molecule has 1 aliphatic rings. The van der Waals surface area contributed by atoms with Crippen molar-refractivity contribution in [1.82, 2.24) is 0 Å². The Labute approximate surface area is 121 Å². The van der Waals surface area contributed by atoms with Crippen molar-refractivity contribution < 1.29 is 4.74 Å². The van der Waals surface area contributed by atoms with E-state index in [4.69, 9.17) is 22.1 Å². The lowest BCUT2D eigenvalue weighted by molar-refractivity contribution is 0.0104. The standard InChI is InChI=1S/C16H24ClNO/c1-4-11(3)9-16(5-2)10-14(18)13-8-12(17)6-7-15(13)19-16/h6-8,11,14H,4-5,9-10,18H2,1-3H3/t11?,14-,16?/m1/s1. The van der Waals surface area contributed by atoms with Crippen LogP contribution in [0.2, 0.25) is 5.02 Å². The van der Waals surface area contributed by atoms with Crippen LogP contribution in [-0.2, 0) is 0 Å². The largest absolute Gasteiger partial charge is 0.487 e. The van der Waals surface area contributed by atoms with Crippen LogP contribution in [0, 0.1) is 5.92 Å². The maximum atomic E-state index is 6.34. The van der Waals surface area contributed by atoms with E-state index in [9.17, 15) is 0 Å². The lowest BCUT2D eigenvalue weighted by Gasteiger charge is -2.42. The zero-order chi connectivity index (χ0) is 14.0. The molecule has 0 bridgehead atoms. The van der Waals surface area contributed by atoms with Gasteiger partial charge >= 0.3 is 0 Å². The fourth-order valence-electron chi connectivity index (χ4n) is 2.95. The first-order valence-electron chi connectivity index (χ1n) is 7.23. The highest BCUT2D eigenvalue weighted by molar-refractivity contribution is 6.30. The molecule has 1 aliphatic heterocycles. The Morgan fingerprint density at radius 2 is 2.21 bits per heavy atom. The Kier molecular flexibility index (Phi) is 4.42. The van der Waals surface area contributed by atoms with E-state index in [-0.39, 0.29) is 11.6 Å². The molecule has 3 atom stereocenters. The normalized spacial score (nSPS) is 27.5.